The van der Waals surface area contributed by atoms with E-state index < -0.39 is 0 Å². The van der Waals surface area contributed by atoms with E-state index in [9.17, 15) is 4.79 Å². The molecule has 0 spiro atoms. The summed E-state index contributed by atoms with van der Waals surface area (Å²) in [7, 11) is 0. The molecule has 2 aliphatic rings. The first kappa shape index (κ1) is 15.5. The number of carbonyl (C=O) groups excluding carboxylic acids is 1. The highest BCUT2D eigenvalue weighted by Crippen LogP contribution is 2.24. The fourth-order valence-corrected chi connectivity index (χ4v) is 4.21. The van der Waals surface area contributed by atoms with Crippen molar-refractivity contribution in [1.82, 2.24) is 15.1 Å². The Labute approximate surface area is 138 Å². The molecule has 2 heterocycles. The number of carbonyl (C=O) groups is 1. The summed E-state index contributed by atoms with van der Waals surface area (Å²) in [4.78, 5) is 18.3. The van der Waals surface area contributed by atoms with E-state index in [2.05, 4.69) is 43.2 Å². The topological polar surface area (TPSA) is 35.6 Å². The first-order chi connectivity index (χ1) is 10.1. The van der Waals surface area contributed by atoms with Crippen LogP contribution in [-0.4, -0.2) is 54.0 Å². The summed E-state index contributed by atoms with van der Waals surface area (Å²) in [6, 6.07) is 4.76. The standard InChI is InChI=1S/C15H22BrN3OS/c1-11(15(20)17-12-2-3-12)19-8-6-18(7-9-19)10-13-4-5-14(16)21-13/h4-5,11-12H,2-3,6-10H2,1H3,(H,17,20)/t11-/m0/s1. The average Bonchev–Trinajstić information content (AvgIpc) is 3.20. The Balaban J connectivity index is 1.44. The fourth-order valence-electron chi connectivity index (χ4n) is 2.68. The lowest BCUT2D eigenvalue weighted by molar-refractivity contribution is -0.126. The molecule has 116 valence electrons. The van der Waals surface area contributed by atoms with E-state index in [0.717, 1.165) is 45.6 Å². The predicted octanol–water partition coefficient (Wildman–Crippen LogP) is 2.30. The van der Waals surface area contributed by atoms with Crippen LogP contribution in [0.2, 0.25) is 0 Å². The molecule has 1 saturated heterocycles. The highest BCUT2D eigenvalue weighted by molar-refractivity contribution is 9.11. The van der Waals surface area contributed by atoms with Gasteiger partial charge in [0.15, 0.2) is 0 Å². The largest absolute Gasteiger partial charge is 0.352 e. The summed E-state index contributed by atoms with van der Waals surface area (Å²) < 4.78 is 1.20. The van der Waals surface area contributed by atoms with E-state index >= 15 is 0 Å². The smallest absolute Gasteiger partial charge is 0.237 e. The quantitative estimate of drug-likeness (QED) is 0.862. The van der Waals surface area contributed by atoms with Gasteiger partial charge in [-0.2, -0.15) is 0 Å². The van der Waals surface area contributed by atoms with Crippen LogP contribution in [0.1, 0.15) is 24.6 Å². The van der Waals surface area contributed by atoms with Gasteiger partial charge in [-0.1, -0.05) is 0 Å². The lowest BCUT2D eigenvalue weighted by Crippen LogP contribution is -2.53. The van der Waals surface area contributed by atoms with Gasteiger partial charge in [-0.3, -0.25) is 14.6 Å². The number of hydrogen-bond acceptors (Lipinski definition) is 4. The van der Waals surface area contributed by atoms with Crippen LogP contribution in [0.15, 0.2) is 15.9 Å². The summed E-state index contributed by atoms with van der Waals surface area (Å²) in [6.07, 6.45) is 2.31. The third kappa shape index (κ3) is 4.28. The monoisotopic (exact) mass is 371 g/mol. The Morgan fingerprint density at radius 2 is 2.10 bits per heavy atom. The van der Waals surface area contributed by atoms with Gasteiger partial charge in [-0.15, -0.1) is 11.3 Å². The first-order valence-electron chi connectivity index (χ1n) is 7.63. The zero-order chi connectivity index (χ0) is 14.8. The number of hydrogen-bond donors (Lipinski definition) is 1. The van der Waals surface area contributed by atoms with Crippen LogP contribution in [0.5, 0.6) is 0 Å². The summed E-state index contributed by atoms with van der Waals surface area (Å²) in [5, 5.41) is 3.11. The second-order valence-corrected chi connectivity index (χ2v) is 8.52. The number of thiophene rings is 1. The van der Waals surface area contributed by atoms with Crippen molar-refractivity contribution in [3.8, 4) is 0 Å². The first-order valence-corrected chi connectivity index (χ1v) is 9.24. The van der Waals surface area contributed by atoms with Crippen LogP contribution in [0.3, 0.4) is 0 Å². The van der Waals surface area contributed by atoms with Crippen molar-refractivity contribution < 1.29 is 4.79 Å². The molecule has 1 aliphatic heterocycles. The Kier molecular flexibility index (Phi) is 4.99. The Morgan fingerprint density at radius 1 is 1.38 bits per heavy atom. The van der Waals surface area contributed by atoms with E-state index in [1.807, 2.05) is 6.92 Å². The molecule has 1 atom stereocenters. The molecule has 1 N–H and O–H groups in total. The number of rotatable bonds is 5. The molecule has 21 heavy (non-hydrogen) atoms. The number of halogens is 1. The van der Waals surface area contributed by atoms with Crippen molar-refractivity contribution in [3.63, 3.8) is 0 Å². The van der Waals surface area contributed by atoms with Crippen LogP contribution in [-0.2, 0) is 11.3 Å². The normalized spacial score (nSPS) is 22.2. The molecule has 0 radical (unpaired) electrons. The van der Waals surface area contributed by atoms with E-state index in [4.69, 9.17) is 0 Å². The third-order valence-electron chi connectivity index (χ3n) is 4.27. The minimum absolute atomic E-state index is 0.00336. The van der Waals surface area contributed by atoms with Crippen molar-refractivity contribution in [2.45, 2.75) is 38.4 Å². The summed E-state index contributed by atoms with van der Waals surface area (Å²) in [5.74, 6) is 0.202. The molecule has 1 amide bonds. The number of piperazine rings is 1. The van der Waals surface area contributed by atoms with E-state index in [1.54, 1.807) is 11.3 Å². The van der Waals surface area contributed by atoms with Crippen molar-refractivity contribution in [2.24, 2.45) is 0 Å². The zero-order valence-electron chi connectivity index (χ0n) is 12.3. The van der Waals surface area contributed by atoms with E-state index in [-0.39, 0.29) is 11.9 Å². The highest BCUT2D eigenvalue weighted by atomic mass is 79.9. The van der Waals surface area contributed by atoms with Gasteiger partial charge in [-0.05, 0) is 47.8 Å². The van der Waals surface area contributed by atoms with Gasteiger partial charge in [-0.25, -0.2) is 0 Å². The van der Waals surface area contributed by atoms with Crippen molar-refractivity contribution in [1.29, 1.82) is 0 Å². The number of nitrogens with zero attached hydrogens (tertiary/aromatic N) is 2. The maximum atomic E-state index is 12.1. The Bertz CT molecular complexity index is 495. The van der Waals surface area contributed by atoms with Gasteiger partial charge in [0.05, 0.1) is 9.83 Å². The minimum Gasteiger partial charge on any atom is -0.352 e. The van der Waals surface area contributed by atoms with Crippen LogP contribution < -0.4 is 5.32 Å². The van der Waals surface area contributed by atoms with Gasteiger partial charge in [0, 0.05) is 43.6 Å². The van der Waals surface area contributed by atoms with Crippen molar-refractivity contribution in [2.75, 3.05) is 26.2 Å². The van der Waals surface area contributed by atoms with Gasteiger partial charge in [0.25, 0.3) is 0 Å². The second kappa shape index (κ2) is 6.77. The third-order valence-corrected chi connectivity index (χ3v) is 5.87. The van der Waals surface area contributed by atoms with E-state index in [1.165, 1.54) is 8.66 Å². The minimum atomic E-state index is 0.00336. The van der Waals surface area contributed by atoms with Crippen molar-refractivity contribution >= 4 is 33.2 Å². The van der Waals surface area contributed by atoms with Crippen LogP contribution in [0, 0.1) is 0 Å². The molecule has 0 unspecified atom stereocenters. The molecule has 1 aliphatic carbocycles. The fraction of sp³-hybridized carbons (Fsp3) is 0.667. The molecule has 6 heteroatoms. The molecule has 2 fully saturated rings. The predicted molar refractivity (Wildman–Crippen MR) is 89.5 cm³/mol. The second-order valence-electron chi connectivity index (χ2n) is 5.98. The van der Waals surface area contributed by atoms with Gasteiger partial charge in [0.2, 0.25) is 5.91 Å². The molecule has 0 bridgehead atoms. The Morgan fingerprint density at radius 3 is 2.67 bits per heavy atom. The zero-order valence-corrected chi connectivity index (χ0v) is 14.8. The highest BCUT2D eigenvalue weighted by Gasteiger charge is 2.29. The lowest BCUT2D eigenvalue weighted by atomic mass is 10.2. The van der Waals surface area contributed by atoms with E-state index in [0.29, 0.717) is 6.04 Å². The number of nitrogens with one attached hydrogen (secondary N) is 1. The maximum absolute atomic E-state index is 12.1. The van der Waals surface area contributed by atoms with Gasteiger partial charge < -0.3 is 5.32 Å². The molecule has 1 saturated carbocycles. The van der Waals surface area contributed by atoms with Crippen molar-refractivity contribution in [3.05, 3.63) is 20.8 Å². The molecule has 1 aromatic rings. The van der Waals surface area contributed by atoms with Crippen LogP contribution in [0.25, 0.3) is 0 Å². The summed E-state index contributed by atoms with van der Waals surface area (Å²) >= 11 is 5.32. The van der Waals surface area contributed by atoms with Gasteiger partial charge in [0.1, 0.15) is 0 Å². The summed E-state index contributed by atoms with van der Waals surface area (Å²) in [6.45, 7) is 7.08. The molecular formula is C15H22BrN3OS. The molecular weight excluding hydrogens is 350 g/mol. The molecule has 0 aromatic carbocycles. The van der Waals surface area contributed by atoms with Crippen LogP contribution >= 0.6 is 27.3 Å². The lowest BCUT2D eigenvalue weighted by Gasteiger charge is -2.37. The molecule has 1 aromatic heterocycles. The van der Waals surface area contributed by atoms with Gasteiger partial charge >= 0.3 is 0 Å². The maximum Gasteiger partial charge on any atom is 0.237 e. The van der Waals surface area contributed by atoms with Crippen LogP contribution in [0.4, 0.5) is 0 Å². The molecule has 4 nitrogen and oxygen atoms in total. The molecule has 3 rings (SSSR count). The Hall–Kier alpha value is -0.430. The average molecular weight is 372 g/mol. The number of amides is 1. The summed E-state index contributed by atoms with van der Waals surface area (Å²) in [5.41, 5.74) is 0. The SMILES string of the molecule is C[C@@H](C(=O)NC1CC1)N1CCN(Cc2ccc(Br)s2)CC1.